The van der Waals surface area contributed by atoms with Crippen molar-refractivity contribution in [2.24, 2.45) is 5.92 Å². The Hall–Kier alpha value is -1.53. The molecule has 2 rings (SSSR count). The largest absolute Gasteiger partial charge is 0.385 e. The third-order valence-electron chi connectivity index (χ3n) is 2.63. The summed E-state index contributed by atoms with van der Waals surface area (Å²) in [6.45, 7) is 2.70. The second-order valence-electron chi connectivity index (χ2n) is 3.80. The Balaban J connectivity index is 1.85. The highest BCUT2D eigenvalue weighted by atomic mass is 16.5. The molecule has 3 nitrogen and oxygen atoms in total. The number of ether oxygens (including phenoxy) is 1. The van der Waals surface area contributed by atoms with E-state index in [1.165, 1.54) is 0 Å². The average Bonchev–Trinajstić information content (AvgIpc) is 2.80. The fourth-order valence-electron chi connectivity index (χ4n) is 1.67. The maximum Gasteiger partial charge on any atom is 0.0991 e. The van der Waals surface area contributed by atoms with Crippen LogP contribution in [-0.2, 0) is 4.74 Å². The van der Waals surface area contributed by atoms with E-state index in [0.29, 0.717) is 11.5 Å². The van der Waals surface area contributed by atoms with E-state index in [4.69, 9.17) is 10.00 Å². The maximum atomic E-state index is 8.64. The van der Waals surface area contributed by atoms with E-state index in [1.54, 1.807) is 0 Å². The van der Waals surface area contributed by atoms with Crippen LogP contribution in [0.5, 0.6) is 0 Å². The van der Waals surface area contributed by atoms with Crippen molar-refractivity contribution in [1.82, 2.24) is 0 Å². The molecule has 15 heavy (non-hydrogen) atoms. The highest BCUT2D eigenvalue weighted by molar-refractivity contribution is 5.47. The number of hydrogen-bond donors (Lipinski definition) is 1. The molecule has 1 aromatic carbocycles. The number of nitrogens with zero attached hydrogens (tertiary/aromatic N) is 1. The van der Waals surface area contributed by atoms with Crippen LogP contribution in [0.15, 0.2) is 24.3 Å². The minimum atomic E-state index is 0.626. The first-order valence-electron chi connectivity index (χ1n) is 5.20. The standard InChI is InChI=1S/C12H14N2O/c13-7-10-1-3-12(4-2-10)14-8-11-5-6-15-9-11/h1-4,11,14H,5-6,8-9H2. The summed E-state index contributed by atoms with van der Waals surface area (Å²) >= 11 is 0. The highest BCUT2D eigenvalue weighted by Gasteiger charge is 2.14. The van der Waals surface area contributed by atoms with Crippen LogP contribution in [0.1, 0.15) is 12.0 Å². The van der Waals surface area contributed by atoms with E-state index >= 15 is 0 Å². The summed E-state index contributed by atoms with van der Waals surface area (Å²) in [5, 5.41) is 12.0. The number of nitriles is 1. The summed E-state index contributed by atoms with van der Waals surface area (Å²) < 4.78 is 5.30. The monoisotopic (exact) mass is 202 g/mol. The number of hydrogen-bond acceptors (Lipinski definition) is 3. The first-order chi connectivity index (χ1) is 7.38. The van der Waals surface area contributed by atoms with E-state index in [9.17, 15) is 0 Å². The van der Waals surface area contributed by atoms with Gasteiger partial charge in [-0.3, -0.25) is 0 Å². The van der Waals surface area contributed by atoms with E-state index < -0.39 is 0 Å². The Bertz CT molecular complexity index is 347. The maximum absolute atomic E-state index is 8.64. The number of rotatable bonds is 3. The molecule has 0 spiro atoms. The van der Waals surface area contributed by atoms with Crippen LogP contribution in [0.3, 0.4) is 0 Å². The van der Waals surface area contributed by atoms with Gasteiger partial charge in [-0.1, -0.05) is 0 Å². The van der Waals surface area contributed by atoms with Gasteiger partial charge in [0.05, 0.1) is 18.2 Å². The molecule has 0 aliphatic carbocycles. The third-order valence-corrected chi connectivity index (χ3v) is 2.63. The van der Waals surface area contributed by atoms with Crippen LogP contribution < -0.4 is 5.32 Å². The van der Waals surface area contributed by atoms with Crippen molar-refractivity contribution >= 4 is 5.69 Å². The van der Waals surface area contributed by atoms with Gasteiger partial charge in [0.1, 0.15) is 0 Å². The summed E-state index contributed by atoms with van der Waals surface area (Å²) in [4.78, 5) is 0. The van der Waals surface area contributed by atoms with Gasteiger partial charge in [0.2, 0.25) is 0 Å². The zero-order chi connectivity index (χ0) is 10.5. The summed E-state index contributed by atoms with van der Waals surface area (Å²) in [5.74, 6) is 0.626. The summed E-state index contributed by atoms with van der Waals surface area (Å²) in [5.41, 5.74) is 1.77. The first-order valence-corrected chi connectivity index (χ1v) is 5.20. The van der Waals surface area contributed by atoms with E-state index in [2.05, 4.69) is 11.4 Å². The fraction of sp³-hybridized carbons (Fsp3) is 0.417. The Morgan fingerprint density at radius 1 is 1.40 bits per heavy atom. The molecular formula is C12H14N2O. The lowest BCUT2D eigenvalue weighted by atomic mass is 10.1. The van der Waals surface area contributed by atoms with Gasteiger partial charge in [-0.25, -0.2) is 0 Å². The van der Waals surface area contributed by atoms with Crippen LogP contribution in [0.25, 0.3) is 0 Å². The van der Waals surface area contributed by atoms with Gasteiger partial charge in [0.25, 0.3) is 0 Å². The quantitative estimate of drug-likeness (QED) is 0.815. The summed E-state index contributed by atoms with van der Waals surface area (Å²) in [6.07, 6.45) is 1.14. The van der Waals surface area contributed by atoms with E-state index in [0.717, 1.165) is 31.9 Å². The Labute approximate surface area is 89.7 Å². The molecule has 0 bridgehead atoms. The second kappa shape index (κ2) is 4.81. The van der Waals surface area contributed by atoms with E-state index in [-0.39, 0.29) is 0 Å². The topological polar surface area (TPSA) is 45.0 Å². The van der Waals surface area contributed by atoms with Crippen LogP contribution in [0.2, 0.25) is 0 Å². The van der Waals surface area contributed by atoms with Gasteiger partial charge in [0.15, 0.2) is 0 Å². The van der Waals surface area contributed by atoms with Crippen molar-refractivity contribution in [3.8, 4) is 6.07 Å². The molecule has 1 atom stereocenters. The predicted octanol–water partition coefficient (Wildman–Crippen LogP) is 2.01. The van der Waals surface area contributed by atoms with Crippen LogP contribution >= 0.6 is 0 Å². The molecular weight excluding hydrogens is 188 g/mol. The molecule has 0 amide bonds. The summed E-state index contributed by atoms with van der Waals surface area (Å²) in [7, 11) is 0. The smallest absolute Gasteiger partial charge is 0.0991 e. The number of nitrogens with one attached hydrogen (secondary N) is 1. The molecule has 0 radical (unpaired) electrons. The third kappa shape index (κ3) is 2.71. The Kier molecular flexibility index (Phi) is 3.21. The average molecular weight is 202 g/mol. The normalized spacial score (nSPS) is 19.8. The first kappa shape index (κ1) is 10.0. The molecule has 1 unspecified atom stereocenters. The number of anilines is 1. The van der Waals surface area contributed by atoms with Crippen LogP contribution in [0, 0.1) is 17.2 Å². The van der Waals surface area contributed by atoms with Gasteiger partial charge in [-0.15, -0.1) is 0 Å². The SMILES string of the molecule is N#Cc1ccc(NCC2CCOC2)cc1. The highest BCUT2D eigenvalue weighted by Crippen LogP contribution is 2.14. The molecule has 0 saturated carbocycles. The molecule has 1 aromatic rings. The van der Waals surface area contributed by atoms with Crippen molar-refractivity contribution in [1.29, 1.82) is 5.26 Å². The van der Waals surface area contributed by atoms with Crippen LogP contribution in [-0.4, -0.2) is 19.8 Å². The van der Waals surface area contributed by atoms with Crippen molar-refractivity contribution in [2.75, 3.05) is 25.1 Å². The lowest BCUT2D eigenvalue weighted by Gasteiger charge is -2.10. The molecule has 1 N–H and O–H groups in total. The van der Waals surface area contributed by atoms with Gasteiger partial charge < -0.3 is 10.1 Å². The lowest BCUT2D eigenvalue weighted by molar-refractivity contribution is 0.187. The zero-order valence-electron chi connectivity index (χ0n) is 8.57. The minimum Gasteiger partial charge on any atom is -0.385 e. The Morgan fingerprint density at radius 2 is 2.20 bits per heavy atom. The van der Waals surface area contributed by atoms with Crippen molar-refractivity contribution in [2.45, 2.75) is 6.42 Å². The Morgan fingerprint density at radius 3 is 2.80 bits per heavy atom. The molecule has 1 heterocycles. The summed E-state index contributed by atoms with van der Waals surface area (Å²) in [6, 6.07) is 9.64. The van der Waals surface area contributed by atoms with Gasteiger partial charge >= 0.3 is 0 Å². The molecule has 1 aliphatic rings. The molecule has 78 valence electrons. The molecule has 1 aliphatic heterocycles. The van der Waals surface area contributed by atoms with Crippen molar-refractivity contribution in [3.05, 3.63) is 29.8 Å². The molecule has 0 aromatic heterocycles. The van der Waals surface area contributed by atoms with Crippen molar-refractivity contribution < 1.29 is 4.74 Å². The zero-order valence-corrected chi connectivity index (χ0v) is 8.57. The predicted molar refractivity (Wildman–Crippen MR) is 58.6 cm³/mol. The molecule has 3 heteroatoms. The number of benzene rings is 1. The van der Waals surface area contributed by atoms with Gasteiger partial charge in [0, 0.05) is 24.8 Å². The van der Waals surface area contributed by atoms with Crippen molar-refractivity contribution in [3.63, 3.8) is 0 Å². The fourth-order valence-corrected chi connectivity index (χ4v) is 1.67. The minimum absolute atomic E-state index is 0.626. The lowest BCUT2D eigenvalue weighted by Crippen LogP contribution is -2.13. The molecule has 1 saturated heterocycles. The van der Waals surface area contributed by atoms with Crippen LogP contribution in [0.4, 0.5) is 5.69 Å². The molecule has 1 fully saturated rings. The van der Waals surface area contributed by atoms with Gasteiger partial charge in [-0.2, -0.15) is 5.26 Å². The second-order valence-corrected chi connectivity index (χ2v) is 3.80. The van der Waals surface area contributed by atoms with Gasteiger partial charge in [-0.05, 0) is 30.7 Å². The van der Waals surface area contributed by atoms with E-state index in [1.807, 2.05) is 24.3 Å².